The molecule has 72 valence electrons. The van der Waals surface area contributed by atoms with Gasteiger partial charge in [-0.15, -0.1) is 12.4 Å². The quantitative estimate of drug-likeness (QED) is 0.317. The Bertz CT molecular complexity index is 164. The van der Waals surface area contributed by atoms with Gasteiger partial charge in [-0.05, 0) is 0 Å². The van der Waals surface area contributed by atoms with E-state index in [0.29, 0.717) is 0 Å². The zero-order valence-corrected chi connectivity index (χ0v) is 6.92. The SMILES string of the molecule is Cl.O=P(O)(O)OP(=O)(O)O.[NaH].[NaH].[NaH].[NaH]. The summed E-state index contributed by atoms with van der Waals surface area (Å²) in [4.78, 5) is 31.0. The van der Waals surface area contributed by atoms with E-state index in [1.54, 1.807) is 0 Å². The fourth-order valence-electron chi connectivity index (χ4n) is 0.139. The van der Waals surface area contributed by atoms with Gasteiger partial charge < -0.3 is 19.6 Å². The molecule has 0 saturated carbocycles. The normalized spacial score (nSPS) is 8.86. The van der Waals surface area contributed by atoms with Crippen LogP contribution < -0.4 is 0 Å². The van der Waals surface area contributed by atoms with Crippen LogP contribution >= 0.6 is 28.1 Å². The second-order valence-corrected chi connectivity index (χ2v) is 3.68. The van der Waals surface area contributed by atoms with E-state index in [9.17, 15) is 9.13 Å². The molecule has 0 heterocycles. The van der Waals surface area contributed by atoms with Crippen molar-refractivity contribution in [2.24, 2.45) is 0 Å². The van der Waals surface area contributed by atoms with Gasteiger partial charge in [-0.3, -0.25) is 0 Å². The Labute approximate surface area is 176 Å². The third kappa shape index (κ3) is 36.0. The zero-order chi connectivity index (χ0) is 7.71. The van der Waals surface area contributed by atoms with E-state index in [1.807, 2.05) is 0 Å². The van der Waals surface area contributed by atoms with Crippen LogP contribution in [0.2, 0.25) is 0 Å². The molecule has 0 aliphatic heterocycles. The predicted octanol–water partition coefficient (Wildman–Crippen LogP) is -2.98. The maximum absolute atomic E-state index is 9.63. The molecule has 0 aliphatic rings. The molecule has 0 unspecified atom stereocenters. The molecular weight excluding hydrogens is 301 g/mol. The molecule has 0 aliphatic carbocycles. The van der Waals surface area contributed by atoms with Crippen LogP contribution in [0.1, 0.15) is 0 Å². The first-order chi connectivity index (χ1) is 3.71. The average Bonchev–Trinajstić information content (AvgIpc) is 1.14. The van der Waals surface area contributed by atoms with Gasteiger partial charge in [0.25, 0.3) is 0 Å². The summed E-state index contributed by atoms with van der Waals surface area (Å²) in [5.74, 6) is 0. The monoisotopic (exact) mass is 310 g/mol. The summed E-state index contributed by atoms with van der Waals surface area (Å²) in [5.41, 5.74) is 0. The minimum atomic E-state index is -5.05. The van der Waals surface area contributed by atoms with E-state index >= 15 is 0 Å². The summed E-state index contributed by atoms with van der Waals surface area (Å²) in [5, 5.41) is 0. The number of rotatable bonds is 2. The number of hydrogen-bond acceptors (Lipinski definition) is 3. The van der Waals surface area contributed by atoms with Crippen molar-refractivity contribution in [3.05, 3.63) is 0 Å². The molecule has 0 atom stereocenters. The van der Waals surface area contributed by atoms with E-state index in [0.717, 1.165) is 0 Å². The Morgan fingerprint density at radius 2 is 0.857 bits per heavy atom. The molecule has 0 saturated heterocycles. The average molecular weight is 310 g/mol. The Hall–Kier alpha value is 4.55. The van der Waals surface area contributed by atoms with Gasteiger partial charge in [0.1, 0.15) is 0 Å². The van der Waals surface area contributed by atoms with Crippen molar-refractivity contribution < 1.29 is 33.0 Å². The summed E-state index contributed by atoms with van der Waals surface area (Å²) in [6, 6.07) is 0. The molecule has 7 nitrogen and oxygen atoms in total. The third-order valence-electron chi connectivity index (χ3n) is 0.213. The Morgan fingerprint density at radius 1 is 0.714 bits per heavy atom. The molecule has 0 aromatic heterocycles. The van der Waals surface area contributed by atoms with Crippen molar-refractivity contribution in [2.75, 3.05) is 0 Å². The summed E-state index contributed by atoms with van der Waals surface area (Å²) in [6.45, 7) is 0. The predicted molar refractivity (Wildman–Crippen MR) is 61.0 cm³/mol. The van der Waals surface area contributed by atoms with Crippen LogP contribution in [0.3, 0.4) is 0 Å². The van der Waals surface area contributed by atoms with Gasteiger partial charge in [0.15, 0.2) is 0 Å². The molecular formula is H9ClNa4O7P2. The molecule has 14 heteroatoms. The van der Waals surface area contributed by atoms with Crippen LogP contribution in [0.5, 0.6) is 0 Å². The minimum absolute atomic E-state index is 0. The van der Waals surface area contributed by atoms with E-state index in [1.165, 1.54) is 0 Å². The summed E-state index contributed by atoms with van der Waals surface area (Å²) in [7, 11) is -10.1. The van der Waals surface area contributed by atoms with E-state index in [4.69, 9.17) is 19.6 Å². The van der Waals surface area contributed by atoms with Crippen molar-refractivity contribution in [3.8, 4) is 0 Å². The molecule has 0 aromatic carbocycles. The summed E-state index contributed by atoms with van der Waals surface area (Å²) < 4.78 is 22.2. The first-order valence-electron chi connectivity index (χ1n) is 1.53. The van der Waals surface area contributed by atoms with E-state index in [2.05, 4.69) is 4.31 Å². The third-order valence-corrected chi connectivity index (χ3v) is 1.91. The fourth-order valence-corrected chi connectivity index (χ4v) is 1.25. The second-order valence-electron chi connectivity index (χ2n) is 1.06. The number of phosphoric acid groups is 2. The molecule has 14 heavy (non-hydrogen) atoms. The van der Waals surface area contributed by atoms with Crippen molar-refractivity contribution in [1.29, 1.82) is 0 Å². The summed E-state index contributed by atoms with van der Waals surface area (Å²) in [6.07, 6.45) is 0. The first-order valence-corrected chi connectivity index (χ1v) is 4.59. The van der Waals surface area contributed by atoms with Crippen molar-refractivity contribution in [2.45, 2.75) is 0 Å². The van der Waals surface area contributed by atoms with Gasteiger partial charge in [0.05, 0.1) is 0 Å². The molecule has 0 amide bonds. The first kappa shape index (κ1) is 36.3. The van der Waals surface area contributed by atoms with Gasteiger partial charge in [-0.2, -0.15) is 4.31 Å². The number of hydrogen-bond donors (Lipinski definition) is 4. The second kappa shape index (κ2) is 15.6. The summed E-state index contributed by atoms with van der Waals surface area (Å²) >= 11 is 0. The fraction of sp³-hybridized carbons (Fsp3) is 0. The maximum atomic E-state index is 9.63. The van der Waals surface area contributed by atoms with Gasteiger partial charge in [-0.1, -0.05) is 0 Å². The molecule has 0 fully saturated rings. The van der Waals surface area contributed by atoms with Crippen molar-refractivity contribution in [1.82, 2.24) is 0 Å². The molecule has 0 bridgehead atoms. The van der Waals surface area contributed by atoms with Crippen LogP contribution in [0.25, 0.3) is 0 Å². The molecule has 0 spiro atoms. The standard InChI is InChI=1S/ClH.4Na.H4O7P2.4H/c;;;;;1-8(2,3)7-9(4,5)6;;;;/h1H;;;;;(H2,1,2,3)(H2,4,5,6);;;;. The van der Waals surface area contributed by atoms with E-state index in [-0.39, 0.29) is 131 Å². The van der Waals surface area contributed by atoms with Crippen LogP contribution in [0.15, 0.2) is 0 Å². The van der Waals surface area contributed by atoms with E-state index < -0.39 is 15.6 Å². The molecule has 4 N–H and O–H groups in total. The van der Waals surface area contributed by atoms with Crippen LogP contribution in [-0.4, -0.2) is 138 Å². The Balaban J connectivity index is -0.0000000320. The van der Waals surface area contributed by atoms with Crippen LogP contribution in [0, 0.1) is 0 Å². The van der Waals surface area contributed by atoms with Gasteiger partial charge >= 0.3 is 134 Å². The molecule has 0 radical (unpaired) electrons. The Morgan fingerprint density at radius 3 is 0.857 bits per heavy atom. The van der Waals surface area contributed by atoms with Crippen LogP contribution in [-0.2, 0) is 13.4 Å². The van der Waals surface area contributed by atoms with Gasteiger partial charge in [-0.25, -0.2) is 9.13 Å². The molecule has 0 aromatic rings. The van der Waals surface area contributed by atoms with Gasteiger partial charge in [0, 0.05) is 0 Å². The number of halogens is 1. The van der Waals surface area contributed by atoms with Crippen molar-refractivity contribution >= 4 is 146 Å². The molecule has 0 rings (SSSR count). The topological polar surface area (TPSA) is 124 Å². The van der Waals surface area contributed by atoms with Crippen molar-refractivity contribution in [3.63, 3.8) is 0 Å². The zero-order valence-electron chi connectivity index (χ0n) is 4.32. The Kier molecular flexibility index (Phi) is 40.4. The van der Waals surface area contributed by atoms with Gasteiger partial charge in [0.2, 0.25) is 0 Å². The van der Waals surface area contributed by atoms with Crippen LogP contribution in [0.4, 0.5) is 0 Å².